The lowest BCUT2D eigenvalue weighted by Gasteiger charge is -2.38. The Labute approximate surface area is 131 Å². The molecule has 7 nitrogen and oxygen atoms in total. The van der Waals surface area contributed by atoms with Crippen molar-refractivity contribution in [3.8, 4) is 0 Å². The van der Waals surface area contributed by atoms with Gasteiger partial charge in [0.1, 0.15) is 4.90 Å². The quantitative estimate of drug-likeness (QED) is 0.767. The Bertz CT molecular complexity index is 639. The Balaban J connectivity index is 2.18. The van der Waals surface area contributed by atoms with Crippen LogP contribution in [0.5, 0.6) is 0 Å². The number of para-hydroxylation sites is 1. The largest absolute Gasteiger partial charge is 0.368 e. The van der Waals surface area contributed by atoms with E-state index in [1.54, 1.807) is 25.1 Å². The van der Waals surface area contributed by atoms with Crippen LogP contribution in [0.4, 0.5) is 5.69 Å². The van der Waals surface area contributed by atoms with Crippen molar-refractivity contribution in [1.29, 1.82) is 0 Å². The van der Waals surface area contributed by atoms with E-state index in [-0.39, 0.29) is 16.8 Å². The van der Waals surface area contributed by atoms with Crippen molar-refractivity contribution >= 4 is 21.6 Å². The summed E-state index contributed by atoms with van der Waals surface area (Å²) < 4.78 is 26.6. The summed E-state index contributed by atoms with van der Waals surface area (Å²) in [6.07, 6.45) is 0. The minimum absolute atomic E-state index is 0.272. The zero-order chi connectivity index (χ0) is 16.3. The highest BCUT2D eigenvalue weighted by Gasteiger charge is 2.27. The Hall–Kier alpha value is -1.64. The number of hydrogen-bond donors (Lipinski definition) is 2. The zero-order valence-corrected chi connectivity index (χ0v) is 13.6. The van der Waals surface area contributed by atoms with Crippen molar-refractivity contribution in [3.63, 3.8) is 0 Å². The number of nitrogens with zero attached hydrogens (tertiary/aromatic N) is 2. The molecule has 0 radical (unpaired) electrons. The van der Waals surface area contributed by atoms with Crippen LogP contribution in [0.1, 0.15) is 6.92 Å². The van der Waals surface area contributed by atoms with Gasteiger partial charge in [-0.3, -0.25) is 9.69 Å². The maximum Gasteiger partial charge on any atom is 0.242 e. The van der Waals surface area contributed by atoms with Gasteiger partial charge in [-0.05, 0) is 26.1 Å². The molecule has 1 aromatic rings. The Morgan fingerprint density at radius 1 is 1.23 bits per heavy atom. The van der Waals surface area contributed by atoms with Gasteiger partial charge in [-0.15, -0.1) is 0 Å². The minimum Gasteiger partial charge on any atom is -0.368 e. The summed E-state index contributed by atoms with van der Waals surface area (Å²) in [5.74, 6) is -0.341. The third-order valence-corrected chi connectivity index (χ3v) is 5.50. The lowest BCUT2D eigenvalue weighted by atomic mass is 10.2. The van der Waals surface area contributed by atoms with Crippen molar-refractivity contribution in [2.24, 2.45) is 5.73 Å². The Kier molecular flexibility index (Phi) is 5.05. The maximum atomic E-state index is 12.1. The molecule has 1 fully saturated rings. The molecule has 0 aromatic heterocycles. The summed E-state index contributed by atoms with van der Waals surface area (Å²) >= 11 is 0. The molecule has 1 aliphatic heterocycles. The molecular formula is C14H22N4O3S. The van der Waals surface area contributed by atoms with E-state index in [2.05, 4.69) is 4.72 Å². The summed E-state index contributed by atoms with van der Waals surface area (Å²) in [4.78, 5) is 15.6. The molecule has 1 aromatic carbocycles. The summed E-state index contributed by atoms with van der Waals surface area (Å²) in [5.41, 5.74) is 6.01. The van der Waals surface area contributed by atoms with Gasteiger partial charge in [0.05, 0.1) is 11.7 Å². The molecule has 0 spiro atoms. The third-order valence-electron chi connectivity index (χ3n) is 4.04. The van der Waals surface area contributed by atoms with Gasteiger partial charge in [-0.25, -0.2) is 13.1 Å². The minimum atomic E-state index is -3.50. The number of anilines is 1. The fourth-order valence-electron chi connectivity index (χ4n) is 2.59. The first kappa shape index (κ1) is 16.7. The fraction of sp³-hybridized carbons (Fsp3) is 0.500. The van der Waals surface area contributed by atoms with Gasteiger partial charge in [-0.2, -0.15) is 0 Å². The van der Waals surface area contributed by atoms with Crippen LogP contribution in [-0.2, 0) is 14.8 Å². The number of amides is 1. The van der Waals surface area contributed by atoms with Crippen LogP contribution in [-0.4, -0.2) is 58.5 Å². The number of nitrogens with one attached hydrogen (secondary N) is 1. The van der Waals surface area contributed by atoms with Crippen molar-refractivity contribution < 1.29 is 13.2 Å². The molecule has 1 atom stereocenters. The fourth-order valence-corrected chi connectivity index (χ4v) is 3.54. The van der Waals surface area contributed by atoms with Gasteiger partial charge < -0.3 is 10.6 Å². The number of carbonyl (C=O) groups excluding carboxylic acids is 1. The van der Waals surface area contributed by atoms with Gasteiger partial charge in [0.15, 0.2) is 0 Å². The molecule has 1 saturated heterocycles. The molecule has 0 bridgehead atoms. The van der Waals surface area contributed by atoms with E-state index in [1.807, 2.05) is 15.9 Å². The molecule has 2 rings (SSSR count). The first-order valence-electron chi connectivity index (χ1n) is 7.17. The van der Waals surface area contributed by atoms with E-state index in [1.165, 1.54) is 7.05 Å². The second-order valence-electron chi connectivity index (χ2n) is 5.28. The van der Waals surface area contributed by atoms with E-state index >= 15 is 0 Å². The lowest BCUT2D eigenvalue weighted by Crippen LogP contribution is -2.53. The van der Waals surface area contributed by atoms with E-state index in [0.29, 0.717) is 31.9 Å². The predicted octanol–water partition coefficient (Wildman–Crippen LogP) is -0.409. The molecule has 1 aliphatic rings. The van der Waals surface area contributed by atoms with Crippen LogP contribution in [0, 0.1) is 0 Å². The van der Waals surface area contributed by atoms with E-state index in [0.717, 1.165) is 0 Å². The molecule has 0 unspecified atom stereocenters. The van der Waals surface area contributed by atoms with Crippen molar-refractivity contribution in [3.05, 3.63) is 24.3 Å². The van der Waals surface area contributed by atoms with Crippen molar-refractivity contribution in [2.75, 3.05) is 38.1 Å². The Morgan fingerprint density at radius 3 is 2.36 bits per heavy atom. The van der Waals surface area contributed by atoms with E-state index in [4.69, 9.17) is 5.73 Å². The molecule has 3 N–H and O–H groups in total. The van der Waals surface area contributed by atoms with Gasteiger partial charge in [0.25, 0.3) is 0 Å². The summed E-state index contributed by atoms with van der Waals surface area (Å²) in [6.45, 7) is 4.41. The molecule has 1 heterocycles. The van der Waals surface area contributed by atoms with E-state index in [9.17, 15) is 13.2 Å². The second-order valence-corrected chi connectivity index (χ2v) is 7.13. The SMILES string of the molecule is CNS(=O)(=O)c1ccccc1N1CCN([C@H](C)C(N)=O)CC1. The number of rotatable bonds is 5. The first-order valence-corrected chi connectivity index (χ1v) is 8.66. The number of piperazine rings is 1. The standard InChI is InChI=1S/C14H22N4O3S/c1-11(14(15)19)17-7-9-18(10-8-17)12-5-3-4-6-13(12)22(20,21)16-2/h3-6,11,16H,7-10H2,1-2H3,(H2,15,19)/t11-/m1/s1. The Morgan fingerprint density at radius 2 is 1.82 bits per heavy atom. The molecule has 0 saturated carbocycles. The topological polar surface area (TPSA) is 95.7 Å². The molecule has 1 amide bonds. The number of hydrogen-bond acceptors (Lipinski definition) is 5. The number of benzene rings is 1. The molecule has 0 aliphatic carbocycles. The average molecular weight is 326 g/mol. The highest BCUT2D eigenvalue weighted by atomic mass is 32.2. The maximum absolute atomic E-state index is 12.1. The lowest BCUT2D eigenvalue weighted by molar-refractivity contribution is -0.122. The number of nitrogens with two attached hydrogens (primary N) is 1. The molecular weight excluding hydrogens is 304 g/mol. The highest BCUT2D eigenvalue weighted by Crippen LogP contribution is 2.26. The molecule has 22 heavy (non-hydrogen) atoms. The highest BCUT2D eigenvalue weighted by molar-refractivity contribution is 7.89. The van der Waals surface area contributed by atoms with Gasteiger partial charge in [-0.1, -0.05) is 12.1 Å². The van der Waals surface area contributed by atoms with Crippen LogP contribution in [0.15, 0.2) is 29.2 Å². The van der Waals surface area contributed by atoms with Crippen molar-refractivity contribution in [2.45, 2.75) is 17.9 Å². The first-order chi connectivity index (χ1) is 10.4. The second kappa shape index (κ2) is 6.64. The average Bonchev–Trinajstić information content (AvgIpc) is 2.54. The predicted molar refractivity (Wildman–Crippen MR) is 85.1 cm³/mol. The van der Waals surface area contributed by atoms with Gasteiger partial charge in [0, 0.05) is 26.2 Å². The van der Waals surface area contributed by atoms with Crippen LogP contribution in [0.3, 0.4) is 0 Å². The number of sulfonamides is 1. The third kappa shape index (κ3) is 3.40. The summed E-state index contributed by atoms with van der Waals surface area (Å²) in [5, 5.41) is 0. The summed E-state index contributed by atoms with van der Waals surface area (Å²) in [6, 6.07) is 6.62. The van der Waals surface area contributed by atoms with Gasteiger partial charge >= 0.3 is 0 Å². The molecule has 8 heteroatoms. The zero-order valence-electron chi connectivity index (χ0n) is 12.8. The van der Waals surface area contributed by atoms with Crippen LogP contribution in [0.2, 0.25) is 0 Å². The van der Waals surface area contributed by atoms with Crippen LogP contribution < -0.4 is 15.4 Å². The van der Waals surface area contributed by atoms with Crippen molar-refractivity contribution in [1.82, 2.24) is 9.62 Å². The van der Waals surface area contributed by atoms with Gasteiger partial charge in [0.2, 0.25) is 15.9 Å². The van der Waals surface area contributed by atoms with E-state index < -0.39 is 10.0 Å². The molecule has 122 valence electrons. The summed E-state index contributed by atoms with van der Waals surface area (Å²) in [7, 11) is -2.10. The number of carbonyl (C=O) groups is 1. The monoisotopic (exact) mass is 326 g/mol. The van der Waals surface area contributed by atoms with Crippen LogP contribution in [0.25, 0.3) is 0 Å². The van der Waals surface area contributed by atoms with Crippen LogP contribution >= 0.6 is 0 Å². The normalized spacial score (nSPS) is 18.2. The number of primary amides is 1. The smallest absolute Gasteiger partial charge is 0.242 e.